The second-order valence-corrected chi connectivity index (χ2v) is 4.09. The Labute approximate surface area is 93.4 Å². The topological polar surface area (TPSA) is 77.2 Å². The van der Waals surface area contributed by atoms with Gasteiger partial charge in [-0.3, -0.25) is 10.1 Å². The zero-order valence-electron chi connectivity index (χ0n) is 9.40. The van der Waals surface area contributed by atoms with Crippen LogP contribution in [0.4, 0.5) is 6.01 Å². The average molecular weight is 225 g/mol. The molecule has 0 spiro atoms. The highest BCUT2D eigenvalue weighted by Crippen LogP contribution is 2.28. The molecule has 1 aromatic rings. The summed E-state index contributed by atoms with van der Waals surface area (Å²) >= 11 is 0. The van der Waals surface area contributed by atoms with Crippen LogP contribution in [-0.2, 0) is 9.53 Å². The first kappa shape index (κ1) is 11.1. The van der Waals surface area contributed by atoms with Gasteiger partial charge in [-0.15, -0.1) is 5.10 Å². The van der Waals surface area contributed by atoms with E-state index >= 15 is 0 Å². The largest absolute Gasteiger partial charge is 0.405 e. The van der Waals surface area contributed by atoms with Gasteiger partial charge in [0.25, 0.3) is 0 Å². The van der Waals surface area contributed by atoms with Crippen molar-refractivity contribution in [2.75, 3.05) is 11.9 Å². The van der Waals surface area contributed by atoms with Crippen molar-refractivity contribution in [2.45, 2.75) is 32.8 Å². The highest BCUT2D eigenvalue weighted by Gasteiger charge is 2.24. The molecule has 0 aromatic carbocycles. The molecule has 2 rings (SSSR count). The summed E-state index contributed by atoms with van der Waals surface area (Å²) in [5.74, 6) is 0.192. The van der Waals surface area contributed by atoms with E-state index < -0.39 is 0 Å². The van der Waals surface area contributed by atoms with Gasteiger partial charge in [-0.05, 0) is 12.8 Å². The van der Waals surface area contributed by atoms with Crippen molar-refractivity contribution >= 4 is 11.9 Å². The van der Waals surface area contributed by atoms with Gasteiger partial charge in [0, 0.05) is 12.5 Å². The summed E-state index contributed by atoms with van der Waals surface area (Å²) < 4.78 is 10.7. The third kappa shape index (κ3) is 2.38. The molecule has 1 aliphatic rings. The van der Waals surface area contributed by atoms with E-state index in [2.05, 4.69) is 15.5 Å². The van der Waals surface area contributed by atoms with E-state index in [1.807, 2.05) is 0 Å². The Hall–Kier alpha value is -1.43. The zero-order valence-corrected chi connectivity index (χ0v) is 9.40. The Morgan fingerprint density at radius 2 is 2.31 bits per heavy atom. The van der Waals surface area contributed by atoms with E-state index in [0.717, 1.165) is 19.4 Å². The normalized spacial score (nSPS) is 20.3. The number of carbonyl (C=O) groups excluding carboxylic acids is 1. The van der Waals surface area contributed by atoms with Crippen molar-refractivity contribution < 1.29 is 13.9 Å². The Morgan fingerprint density at radius 1 is 1.50 bits per heavy atom. The molecule has 0 saturated carbocycles. The quantitative estimate of drug-likeness (QED) is 0.843. The summed E-state index contributed by atoms with van der Waals surface area (Å²) in [4.78, 5) is 11.4. The Kier molecular flexibility index (Phi) is 3.19. The fourth-order valence-electron chi connectivity index (χ4n) is 1.44. The first-order chi connectivity index (χ1) is 7.66. The SMILES string of the molecule is CC(C)C(=O)Nc1nnc(C2CCCO2)o1. The molecule has 6 heteroatoms. The van der Waals surface area contributed by atoms with Gasteiger partial charge in [0.1, 0.15) is 6.10 Å². The molecule has 16 heavy (non-hydrogen) atoms. The number of aromatic nitrogens is 2. The van der Waals surface area contributed by atoms with Gasteiger partial charge in [-0.1, -0.05) is 18.9 Å². The maximum absolute atomic E-state index is 11.4. The molecule has 1 unspecified atom stereocenters. The molecule has 1 saturated heterocycles. The van der Waals surface area contributed by atoms with E-state index in [9.17, 15) is 4.79 Å². The van der Waals surface area contributed by atoms with E-state index in [1.54, 1.807) is 13.8 Å². The van der Waals surface area contributed by atoms with Crippen LogP contribution in [0, 0.1) is 5.92 Å². The summed E-state index contributed by atoms with van der Waals surface area (Å²) in [5.41, 5.74) is 0. The number of anilines is 1. The number of carbonyl (C=O) groups is 1. The fraction of sp³-hybridized carbons (Fsp3) is 0.700. The van der Waals surface area contributed by atoms with Gasteiger partial charge in [0.05, 0.1) is 0 Å². The van der Waals surface area contributed by atoms with Crippen molar-refractivity contribution in [1.29, 1.82) is 0 Å². The lowest BCUT2D eigenvalue weighted by Gasteiger charge is -2.03. The number of hydrogen-bond donors (Lipinski definition) is 1. The van der Waals surface area contributed by atoms with Gasteiger partial charge >= 0.3 is 6.01 Å². The average Bonchev–Trinajstić information content (AvgIpc) is 2.85. The van der Waals surface area contributed by atoms with Crippen LogP contribution in [0.5, 0.6) is 0 Å². The Morgan fingerprint density at radius 3 is 2.94 bits per heavy atom. The van der Waals surface area contributed by atoms with Crippen molar-refractivity contribution in [3.8, 4) is 0 Å². The summed E-state index contributed by atoms with van der Waals surface area (Å²) in [6.07, 6.45) is 1.78. The first-order valence-electron chi connectivity index (χ1n) is 5.42. The lowest BCUT2D eigenvalue weighted by atomic mass is 10.2. The van der Waals surface area contributed by atoms with E-state index in [-0.39, 0.29) is 23.9 Å². The summed E-state index contributed by atoms with van der Waals surface area (Å²) in [7, 11) is 0. The highest BCUT2D eigenvalue weighted by molar-refractivity contribution is 5.89. The molecular weight excluding hydrogens is 210 g/mol. The van der Waals surface area contributed by atoms with Crippen LogP contribution in [0.1, 0.15) is 38.7 Å². The molecule has 88 valence electrons. The summed E-state index contributed by atoms with van der Waals surface area (Å²) in [5, 5.41) is 10.2. The molecule has 1 atom stereocenters. The monoisotopic (exact) mass is 225 g/mol. The van der Waals surface area contributed by atoms with Crippen molar-refractivity contribution in [3.63, 3.8) is 0 Å². The molecule has 6 nitrogen and oxygen atoms in total. The first-order valence-corrected chi connectivity index (χ1v) is 5.42. The molecule has 2 heterocycles. The van der Waals surface area contributed by atoms with Crippen molar-refractivity contribution in [1.82, 2.24) is 10.2 Å². The van der Waals surface area contributed by atoms with Gasteiger partial charge < -0.3 is 9.15 Å². The van der Waals surface area contributed by atoms with Crippen LogP contribution in [0.15, 0.2) is 4.42 Å². The zero-order chi connectivity index (χ0) is 11.5. The molecule has 1 amide bonds. The third-order valence-electron chi connectivity index (χ3n) is 2.40. The van der Waals surface area contributed by atoms with Crippen molar-refractivity contribution in [2.24, 2.45) is 5.92 Å². The van der Waals surface area contributed by atoms with Crippen LogP contribution in [-0.4, -0.2) is 22.7 Å². The molecule has 0 bridgehead atoms. The molecule has 1 aliphatic heterocycles. The molecule has 0 radical (unpaired) electrons. The predicted molar refractivity (Wildman–Crippen MR) is 55.7 cm³/mol. The van der Waals surface area contributed by atoms with E-state index in [4.69, 9.17) is 9.15 Å². The summed E-state index contributed by atoms with van der Waals surface area (Å²) in [6, 6.07) is 0.143. The van der Waals surface area contributed by atoms with Gasteiger partial charge in [-0.2, -0.15) is 0 Å². The molecule has 0 aliphatic carbocycles. The van der Waals surface area contributed by atoms with E-state index in [1.165, 1.54) is 0 Å². The third-order valence-corrected chi connectivity index (χ3v) is 2.40. The standard InChI is InChI=1S/C10H15N3O3/c1-6(2)8(14)11-10-13-12-9(16-10)7-4-3-5-15-7/h6-7H,3-5H2,1-2H3,(H,11,13,14). The lowest BCUT2D eigenvalue weighted by Crippen LogP contribution is -2.17. The van der Waals surface area contributed by atoms with Gasteiger partial charge in [0.2, 0.25) is 11.8 Å². The maximum atomic E-state index is 11.4. The fourth-order valence-corrected chi connectivity index (χ4v) is 1.44. The van der Waals surface area contributed by atoms with Crippen LogP contribution >= 0.6 is 0 Å². The molecule has 1 aromatic heterocycles. The lowest BCUT2D eigenvalue weighted by molar-refractivity contribution is -0.119. The number of amides is 1. The Balaban J connectivity index is 1.99. The van der Waals surface area contributed by atoms with Crippen LogP contribution < -0.4 is 5.32 Å². The second kappa shape index (κ2) is 4.61. The van der Waals surface area contributed by atoms with Gasteiger partial charge in [-0.25, -0.2) is 0 Å². The van der Waals surface area contributed by atoms with Crippen LogP contribution in [0.2, 0.25) is 0 Å². The number of hydrogen-bond acceptors (Lipinski definition) is 5. The number of nitrogens with one attached hydrogen (secondary N) is 1. The van der Waals surface area contributed by atoms with E-state index in [0.29, 0.717) is 5.89 Å². The maximum Gasteiger partial charge on any atom is 0.322 e. The molecular formula is C10H15N3O3. The number of ether oxygens (including phenoxy) is 1. The van der Waals surface area contributed by atoms with Crippen molar-refractivity contribution in [3.05, 3.63) is 5.89 Å². The molecule has 1 fully saturated rings. The predicted octanol–water partition coefficient (Wildman–Crippen LogP) is 1.52. The van der Waals surface area contributed by atoms with Crippen LogP contribution in [0.3, 0.4) is 0 Å². The number of rotatable bonds is 3. The Bertz CT molecular complexity index is 369. The van der Waals surface area contributed by atoms with Crippen LogP contribution in [0.25, 0.3) is 0 Å². The highest BCUT2D eigenvalue weighted by atomic mass is 16.5. The number of nitrogens with zero attached hydrogens (tertiary/aromatic N) is 2. The minimum absolute atomic E-state index is 0.113. The smallest absolute Gasteiger partial charge is 0.322 e. The minimum atomic E-state index is -0.137. The second-order valence-electron chi connectivity index (χ2n) is 4.09. The van der Waals surface area contributed by atoms with Gasteiger partial charge in [0.15, 0.2) is 0 Å². The summed E-state index contributed by atoms with van der Waals surface area (Å²) in [6.45, 7) is 4.32. The minimum Gasteiger partial charge on any atom is -0.405 e. The molecule has 1 N–H and O–H groups in total.